The van der Waals surface area contributed by atoms with E-state index in [0.29, 0.717) is 13.0 Å². The molecule has 1 aromatic rings. The highest BCUT2D eigenvalue weighted by molar-refractivity contribution is 5.76. The molecule has 25 heavy (non-hydrogen) atoms. The van der Waals surface area contributed by atoms with Crippen molar-refractivity contribution in [3.05, 3.63) is 29.3 Å². The second kappa shape index (κ2) is 10.4. The largest absolute Gasteiger partial charge is 0.494 e. The topological polar surface area (TPSA) is 58.6 Å². The smallest absolute Gasteiger partial charge is 0.220 e. The number of ether oxygens (including phenoxy) is 1. The minimum Gasteiger partial charge on any atom is -0.494 e. The van der Waals surface area contributed by atoms with Crippen LogP contribution in [0.2, 0.25) is 0 Å². The van der Waals surface area contributed by atoms with Crippen molar-refractivity contribution < 1.29 is 14.6 Å². The summed E-state index contributed by atoms with van der Waals surface area (Å²) in [5.74, 6) is 1.04. The monoisotopic (exact) mass is 349 g/mol. The van der Waals surface area contributed by atoms with E-state index in [-0.39, 0.29) is 11.9 Å². The number of aryl methyl sites for hydroxylation is 2. The molecular weight excluding hydrogens is 314 g/mol. The summed E-state index contributed by atoms with van der Waals surface area (Å²) >= 11 is 0. The third-order valence-electron chi connectivity index (χ3n) is 4.24. The lowest BCUT2D eigenvalue weighted by atomic mass is 9.99. The lowest BCUT2D eigenvalue weighted by Crippen LogP contribution is -2.32. The second-order valence-corrected chi connectivity index (χ2v) is 7.56. The summed E-state index contributed by atoms with van der Waals surface area (Å²) in [7, 11) is 0. The van der Waals surface area contributed by atoms with Crippen molar-refractivity contribution >= 4 is 5.91 Å². The van der Waals surface area contributed by atoms with Crippen LogP contribution in [0, 0.1) is 6.92 Å². The number of amides is 1. The molecule has 1 rings (SSSR count). The molecule has 0 radical (unpaired) electrons. The highest BCUT2D eigenvalue weighted by Gasteiger charge is 2.13. The number of benzene rings is 1. The van der Waals surface area contributed by atoms with Crippen LogP contribution in [-0.2, 0) is 11.2 Å². The van der Waals surface area contributed by atoms with Gasteiger partial charge < -0.3 is 15.2 Å². The highest BCUT2D eigenvalue weighted by atomic mass is 16.5. The van der Waals surface area contributed by atoms with E-state index in [1.54, 1.807) is 0 Å². The van der Waals surface area contributed by atoms with Crippen LogP contribution in [0.1, 0.15) is 70.9 Å². The molecule has 1 aromatic carbocycles. The summed E-state index contributed by atoms with van der Waals surface area (Å²) in [5.41, 5.74) is 1.76. The predicted molar refractivity (Wildman–Crippen MR) is 103 cm³/mol. The van der Waals surface area contributed by atoms with E-state index < -0.39 is 5.60 Å². The summed E-state index contributed by atoms with van der Waals surface area (Å²) in [6.45, 7) is 10.4. The maximum Gasteiger partial charge on any atom is 0.220 e. The Labute approximate surface area is 153 Å². The number of carbonyl (C=O) groups excluding carboxylic acids is 1. The Hall–Kier alpha value is -1.55. The van der Waals surface area contributed by atoms with Gasteiger partial charge in [0.25, 0.3) is 0 Å². The molecule has 0 spiro atoms. The van der Waals surface area contributed by atoms with Gasteiger partial charge in [0, 0.05) is 12.5 Å². The van der Waals surface area contributed by atoms with E-state index in [1.807, 2.05) is 33.8 Å². The molecule has 4 nitrogen and oxygen atoms in total. The minimum absolute atomic E-state index is 0.110. The van der Waals surface area contributed by atoms with Crippen LogP contribution < -0.4 is 10.1 Å². The predicted octanol–water partition coefficient (Wildman–Crippen LogP) is 4.16. The Morgan fingerprint density at radius 1 is 1.32 bits per heavy atom. The van der Waals surface area contributed by atoms with Crippen LogP contribution in [0.3, 0.4) is 0 Å². The second-order valence-electron chi connectivity index (χ2n) is 7.56. The standard InChI is InChI=1S/C21H35NO3/c1-6-25-19-13-12-18(15-16(19)2)10-7-11-20(23)22-17(3)9-8-14-21(4,5)24/h12-13,15,17,24H,6-11,14H2,1-5H3,(H,22,23)/t17-/m0/s1. The SMILES string of the molecule is CCOc1ccc(CCCC(=O)N[C@@H](C)CCCC(C)(C)O)cc1C. The average molecular weight is 350 g/mol. The van der Waals surface area contributed by atoms with Gasteiger partial charge in [0.2, 0.25) is 5.91 Å². The summed E-state index contributed by atoms with van der Waals surface area (Å²) in [4.78, 5) is 12.0. The molecule has 0 saturated carbocycles. The number of aliphatic hydroxyl groups is 1. The number of carbonyl (C=O) groups is 1. The molecule has 0 fully saturated rings. The van der Waals surface area contributed by atoms with Crippen LogP contribution in [0.5, 0.6) is 5.75 Å². The van der Waals surface area contributed by atoms with Gasteiger partial charge in [0.1, 0.15) is 5.75 Å². The molecule has 0 aliphatic rings. The van der Waals surface area contributed by atoms with Gasteiger partial charge in [-0.2, -0.15) is 0 Å². The number of hydrogen-bond donors (Lipinski definition) is 2. The van der Waals surface area contributed by atoms with Crippen LogP contribution >= 0.6 is 0 Å². The zero-order chi connectivity index (χ0) is 18.9. The van der Waals surface area contributed by atoms with Crippen molar-refractivity contribution in [1.29, 1.82) is 0 Å². The molecule has 0 bridgehead atoms. The summed E-state index contributed by atoms with van der Waals surface area (Å²) in [5, 5.41) is 12.8. The fraction of sp³-hybridized carbons (Fsp3) is 0.667. The van der Waals surface area contributed by atoms with E-state index in [9.17, 15) is 9.90 Å². The molecule has 0 saturated heterocycles. The number of rotatable bonds is 11. The Kier molecular flexibility index (Phi) is 8.98. The van der Waals surface area contributed by atoms with Crippen molar-refractivity contribution in [1.82, 2.24) is 5.32 Å². The number of hydrogen-bond acceptors (Lipinski definition) is 3. The van der Waals surface area contributed by atoms with Crippen LogP contribution in [0.25, 0.3) is 0 Å². The molecule has 142 valence electrons. The fourth-order valence-electron chi connectivity index (χ4n) is 2.90. The Morgan fingerprint density at radius 2 is 2.04 bits per heavy atom. The maximum absolute atomic E-state index is 12.0. The van der Waals surface area contributed by atoms with Gasteiger partial charge in [-0.1, -0.05) is 12.1 Å². The Morgan fingerprint density at radius 3 is 2.64 bits per heavy atom. The van der Waals surface area contributed by atoms with Gasteiger partial charge in [0.05, 0.1) is 12.2 Å². The van der Waals surface area contributed by atoms with Gasteiger partial charge in [-0.05, 0) is 83.9 Å². The third-order valence-corrected chi connectivity index (χ3v) is 4.24. The van der Waals surface area contributed by atoms with Crippen LogP contribution in [0.15, 0.2) is 18.2 Å². The van der Waals surface area contributed by atoms with Crippen LogP contribution in [0.4, 0.5) is 0 Å². The first-order valence-corrected chi connectivity index (χ1v) is 9.45. The quantitative estimate of drug-likeness (QED) is 0.630. The molecule has 0 aliphatic carbocycles. The molecular formula is C21H35NO3. The highest BCUT2D eigenvalue weighted by Crippen LogP contribution is 2.20. The van der Waals surface area contributed by atoms with Crippen molar-refractivity contribution in [2.75, 3.05) is 6.61 Å². The first-order valence-electron chi connectivity index (χ1n) is 9.45. The Bertz CT molecular complexity index is 534. The van der Waals surface area contributed by atoms with E-state index in [1.165, 1.54) is 5.56 Å². The first-order chi connectivity index (χ1) is 11.7. The minimum atomic E-state index is -0.625. The van der Waals surface area contributed by atoms with Gasteiger partial charge in [-0.15, -0.1) is 0 Å². The fourth-order valence-corrected chi connectivity index (χ4v) is 2.90. The lowest BCUT2D eigenvalue weighted by Gasteiger charge is -2.19. The zero-order valence-electron chi connectivity index (χ0n) is 16.5. The Balaban J connectivity index is 2.27. The van der Waals surface area contributed by atoms with Gasteiger partial charge in [0.15, 0.2) is 0 Å². The van der Waals surface area contributed by atoms with E-state index in [4.69, 9.17) is 4.74 Å². The third kappa shape index (κ3) is 9.49. The van der Waals surface area contributed by atoms with Gasteiger partial charge in [-0.25, -0.2) is 0 Å². The molecule has 2 N–H and O–H groups in total. The molecule has 0 unspecified atom stereocenters. The van der Waals surface area contributed by atoms with Crippen molar-refractivity contribution in [3.8, 4) is 5.75 Å². The molecule has 0 aromatic heterocycles. The molecule has 1 amide bonds. The van der Waals surface area contributed by atoms with Crippen molar-refractivity contribution in [2.24, 2.45) is 0 Å². The summed E-state index contributed by atoms with van der Waals surface area (Å²) in [6, 6.07) is 6.39. The van der Waals surface area contributed by atoms with Gasteiger partial charge in [-0.3, -0.25) is 4.79 Å². The number of nitrogens with one attached hydrogen (secondary N) is 1. The van der Waals surface area contributed by atoms with Gasteiger partial charge >= 0.3 is 0 Å². The summed E-state index contributed by atoms with van der Waals surface area (Å²) < 4.78 is 5.55. The van der Waals surface area contributed by atoms with E-state index in [2.05, 4.69) is 24.4 Å². The summed E-state index contributed by atoms with van der Waals surface area (Å²) in [6.07, 6.45) is 4.85. The van der Waals surface area contributed by atoms with Crippen molar-refractivity contribution in [3.63, 3.8) is 0 Å². The van der Waals surface area contributed by atoms with Crippen molar-refractivity contribution in [2.45, 2.75) is 84.8 Å². The molecule has 1 atom stereocenters. The molecule has 0 heterocycles. The maximum atomic E-state index is 12.0. The lowest BCUT2D eigenvalue weighted by molar-refractivity contribution is -0.121. The molecule has 4 heteroatoms. The normalized spacial score (nSPS) is 12.7. The first kappa shape index (κ1) is 21.5. The molecule has 0 aliphatic heterocycles. The van der Waals surface area contributed by atoms with Crippen LogP contribution in [-0.4, -0.2) is 29.3 Å². The van der Waals surface area contributed by atoms with E-state index in [0.717, 1.165) is 43.4 Å². The zero-order valence-corrected chi connectivity index (χ0v) is 16.5. The van der Waals surface area contributed by atoms with E-state index >= 15 is 0 Å². The average Bonchev–Trinajstić information content (AvgIpc) is 2.48.